The molecular weight excluding hydrogens is 284 g/mol. The standard InChI is InChI=1S/C20H20N2O/c1-23-15-11-9-14(10-12-15)13-21-20-18-7-4-6-16(18)17-5-2-3-8-19(17)22-20/h2-3,5,8-12H,4,6-7,13H2,1H3,(H,21,22). The van der Waals surface area contributed by atoms with Crippen LogP contribution in [0.25, 0.3) is 10.9 Å². The van der Waals surface area contributed by atoms with E-state index in [2.05, 4.69) is 41.7 Å². The molecule has 0 radical (unpaired) electrons. The molecule has 1 N–H and O–H groups in total. The molecule has 1 aromatic heterocycles. The molecule has 4 rings (SSSR count). The molecule has 2 aromatic carbocycles. The second kappa shape index (κ2) is 5.92. The number of pyridine rings is 1. The molecule has 3 heteroatoms. The lowest BCUT2D eigenvalue weighted by Gasteiger charge is -2.13. The van der Waals surface area contributed by atoms with Crippen LogP contribution in [-0.4, -0.2) is 12.1 Å². The molecule has 3 nitrogen and oxygen atoms in total. The number of nitrogens with zero attached hydrogens (tertiary/aromatic N) is 1. The summed E-state index contributed by atoms with van der Waals surface area (Å²) in [5.74, 6) is 1.94. The average Bonchev–Trinajstić information content (AvgIpc) is 3.10. The quantitative estimate of drug-likeness (QED) is 0.778. The van der Waals surface area contributed by atoms with Gasteiger partial charge in [-0.15, -0.1) is 0 Å². The third-order valence-corrected chi connectivity index (χ3v) is 4.58. The molecule has 1 aliphatic rings. The fraction of sp³-hybridized carbons (Fsp3) is 0.250. The SMILES string of the molecule is COc1ccc(CNc2nc3ccccc3c3c2CCC3)cc1. The Morgan fingerprint density at radius 2 is 1.78 bits per heavy atom. The van der Waals surface area contributed by atoms with Crippen LogP contribution in [0.5, 0.6) is 5.75 Å². The van der Waals surface area contributed by atoms with E-state index in [1.807, 2.05) is 12.1 Å². The summed E-state index contributed by atoms with van der Waals surface area (Å²) in [4.78, 5) is 4.86. The molecule has 0 amide bonds. The van der Waals surface area contributed by atoms with Crippen molar-refractivity contribution in [1.82, 2.24) is 4.98 Å². The Morgan fingerprint density at radius 1 is 1.00 bits per heavy atom. The van der Waals surface area contributed by atoms with Gasteiger partial charge >= 0.3 is 0 Å². The van der Waals surface area contributed by atoms with Crippen molar-refractivity contribution in [2.24, 2.45) is 0 Å². The molecule has 0 saturated carbocycles. The van der Waals surface area contributed by atoms with Gasteiger partial charge in [0.2, 0.25) is 0 Å². The largest absolute Gasteiger partial charge is 0.497 e. The van der Waals surface area contributed by atoms with E-state index in [4.69, 9.17) is 9.72 Å². The number of aromatic nitrogens is 1. The Labute approximate surface area is 136 Å². The number of hydrogen-bond acceptors (Lipinski definition) is 3. The van der Waals surface area contributed by atoms with Crippen molar-refractivity contribution in [3.05, 3.63) is 65.2 Å². The van der Waals surface area contributed by atoms with Gasteiger partial charge in [0.1, 0.15) is 11.6 Å². The monoisotopic (exact) mass is 304 g/mol. The van der Waals surface area contributed by atoms with Gasteiger partial charge in [-0.25, -0.2) is 4.98 Å². The molecular formula is C20H20N2O. The molecule has 0 saturated heterocycles. The number of benzene rings is 2. The van der Waals surface area contributed by atoms with E-state index in [1.54, 1.807) is 7.11 Å². The minimum absolute atomic E-state index is 0.780. The van der Waals surface area contributed by atoms with Crippen molar-refractivity contribution in [1.29, 1.82) is 0 Å². The first-order chi connectivity index (χ1) is 11.3. The maximum absolute atomic E-state index is 5.21. The van der Waals surface area contributed by atoms with Crippen molar-refractivity contribution in [3.63, 3.8) is 0 Å². The molecule has 0 aliphatic heterocycles. The number of hydrogen-bond donors (Lipinski definition) is 1. The highest BCUT2D eigenvalue weighted by molar-refractivity contribution is 5.86. The van der Waals surface area contributed by atoms with Crippen LogP contribution in [0.4, 0.5) is 5.82 Å². The molecule has 3 aromatic rings. The number of ether oxygens (including phenoxy) is 1. The molecule has 1 aliphatic carbocycles. The summed E-state index contributed by atoms with van der Waals surface area (Å²) in [6.45, 7) is 0.780. The van der Waals surface area contributed by atoms with E-state index < -0.39 is 0 Å². The van der Waals surface area contributed by atoms with Gasteiger partial charge < -0.3 is 10.1 Å². The second-order valence-electron chi connectivity index (χ2n) is 5.99. The summed E-state index contributed by atoms with van der Waals surface area (Å²) in [7, 11) is 1.69. The van der Waals surface area contributed by atoms with Crippen molar-refractivity contribution in [2.75, 3.05) is 12.4 Å². The highest BCUT2D eigenvalue weighted by Crippen LogP contribution is 2.33. The highest BCUT2D eigenvalue weighted by atomic mass is 16.5. The van der Waals surface area contributed by atoms with Gasteiger partial charge in [-0.2, -0.15) is 0 Å². The number of aryl methyl sites for hydroxylation is 1. The van der Waals surface area contributed by atoms with Crippen LogP contribution in [0, 0.1) is 0 Å². The van der Waals surface area contributed by atoms with Crippen LogP contribution >= 0.6 is 0 Å². The number of nitrogens with one attached hydrogen (secondary N) is 1. The molecule has 0 unspecified atom stereocenters. The molecule has 116 valence electrons. The summed E-state index contributed by atoms with van der Waals surface area (Å²) in [5.41, 5.74) is 5.20. The third-order valence-electron chi connectivity index (χ3n) is 4.58. The first-order valence-corrected chi connectivity index (χ1v) is 8.12. The van der Waals surface area contributed by atoms with Gasteiger partial charge in [0.25, 0.3) is 0 Å². The summed E-state index contributed by atoms with van der Waals surface area (Å²) in [5, 5.41) is 4.85. The predicted octanol–water partition coefficient (Wildman–Crippen LogP) is 4.34. The van der Waals surface area contributed by atoms with E-state index in [1.165, 1.54) is 28.5 Å². The Morgan fingerprint density at radius 3 is 2.61 bits per heavy atom. The lowest BCUT2D eigenvalue weighted by atomic mass is 10.0. The summed E-state index contributed by atoms with van der Waals surface area (Å²) >= 11 is 0. The number of rotatable bonds is 4. The minimum atomic E-state index is 0.780. The Bertz CT molecular complexity index is 840. The Kier molecular flexibility index (Phi) is 3.62. The first-order valence-electron chi connectivity index (χ1n) is 8.12. The number of para-hydroxylation sites is 1. The van der Waals surface area contributed by atoms with Crippen molar-refractivity contribution in [3.8, 4) is 5.75 Å². The zero-order valence-electron chi connectivity index (χ0n) is 13.3. The maximum Gasteiger partial charge on any atom is 0.130 e. The zero-order valence-corrected chi connectivity index (χ0v) is 13.3. The number of fused-ring (bicyclic) bond motifs is 3. The molecule has 0 spiro atoms. The van der Waals surface area contributed by atoms with E-state index >= 15 is 0 Å². The predicted molar refractivity (Wildman–Crippen MR) is 94.1 cm³/mol. The Hall–Kier alpha value is -2.55. The third kappa shape index (κ3) is 2.63. The Balaban J connectivity index is 1.63. The zero-order chi connectivity index (χ0) is 15.6. The maximum atomic E-state index is 5.21. The fourth-order valence-electron chi connectivity index (χ4n) is 3.39. The van der Waals surface area contributed by atoms with Gasteiger partial charge in [-0.1, -0.05) is 30.3 Å². The minimum Gasteiger partial charge on any atom is -0.497 e. The average molecular weight is 304 g/mol. The molecule has 1 heterocycles. The van der Waals surface area contributed by atoms with Crippen molar-refractivity contribution in [2.45, 2.75) is 25.8 Å². The van der Waals surface area contributed by atoms with Crippen LogP contribution in [-0.2, 0) is 19.4 Å². The first kappa shape index (κ1) is 14.1. The van der Waals surface area contributed by atoms with Crippen molar-refractivity contribution < 1.29 is 4.74 Å². The fourth-order valence-corrected chi connectivity index (χ4v) is 3.39. The lowest BCUT2D eigenvalue weighted by molar-refractivity contribution is 0.414. The van der Waals surface area contributed by atoms with E-state index in [-0.39, 0.29) is 0 Å². The number of anilines is 1. The van der Waals surface area contributed by atoms with E-state index in [0.29, 0.717) is 0 Å². The lowest BCUT2D eigenvalue weighted by Crippen LogP contribution is -2.05. The van der Waals surface area contributed by atoms with E-state index in [9.17, 15) is 0 Å². The van der Waals surface area contributed by atoms with Crippen LogP contribution < -0.4 is 10.1 Å². The molecule has 0 bridgehead atoms. The molecule has 23 heavy (non-hydrogen) atoms. The topological polar surface area (TPSA) is 34.1 Å². The normalized spacial score (nSPS) is 13.1. The second-order valence-corrected chi connectivity index (χ2v) is 5.99. The molecule has 0 atom stereocenters. The van der Waals surface area contributed by atoms with Crippen molar-refractivity contribution >= 4 is 16.7 Å². The summed E-state index contributed by atoms with van der Waals surface area (Å²) in [6, 6.07) is 16.6. The van der Waals surface area contributed by atoms with Gasteiger partial charge in [0, 0.05) is 11.9 Å². The van der Waals surface area contributed by atoms with Gasteiger partial charge in [0.05, 0.1) is 12.6 Å². The van der Waals surface area contributed by atoms with Crippen LogP contribution in [0.3, 0.4) is 0 Å². The van der Waals surface area contributed by atoms with Gasteiger partial charge in [-0.05, 0) is 54.2 Å². The summed E-state index contributed by atoms with van der Waals surface area (Å²) < 4.78 is 5.21. The van der Waals surface area contributed by atoms with Crippen LogP contribution in [0.2, 0.25) is 0 Å². The number of methoxy groups -OCH3 is 1. The van der Waals surface area contributed by atoms with Crippen LogP contribution in [0.1, 0.15) is 23.1 Å². The molecule has 0 fully saturated rings. The van der Waals surface area contributed by atoms with E-state index in [0.717, 1.165) is 36.5 Å². The van der Waals surface area contributed by atoms with Crippen LogP contribution in [0.15, 0.2) is 48.5 Å². The smallest absolute Gasteiger partial charge is 0.130 e. The van der Waals surface area contributed by atoms with Gasteiger partial charge in [-0.3, -0.25) is 0 Å². The highest BCUT2D eigenvalue weighted by Gasteiger charge is 2.19. The van der Waals surface area contributed by atoms with Gasteiger partial charge in [0.15, 0.2) is 0 Å². The summed E-state index contributed by atoms with van der Waals surface area (Å²) in [6.07, 6.45) is 3.51.